The lowest BCUT2D eigenvalue weighted by Crippen LogP contribution is -2.54. The molecule has 5 heteroatoms. The number of Topliss-reactive ketones (excluding diaryl/α,β-unsaturated/α-hetero) is 1. The van der Waals surface area contributed by atoms with Gasteiger partial charge in [0.05, 0.1) is 5.56 Å². The maximum Gasteiger partial charge on any atom is 0.170 e. The van der Waals surface area contributed by atoms with Crippen molar-refractivity contribution < 1.29 is 24.5 Å². The van der Waals surface area contributed by atoms with Crippen LogP contribution in [0.15, 0.2) is 11.6 Å². The van der Waals surface area contributed by atoms with E-state index < -0.39 is 11.4 Å². The van der Waals surface area contributed by atoms with Crippen molar-refractivity contribution in [1.82, 2.24) is 0 Å². The highest BCUT2D eigenvalue weighted by atomic mass is 16.5. The molecule has 1 aliphatic heterocycles. The number of ketones is 1. The number of phenolic OH excluding ortho intramolecular Hbond substituents is 2. The summed E-state index contributed by atoms with van der Waals surface area (Å²) in [6.45, 7) is 10.1. The van der Waals surface area contributed by atoms with Crippen molar-refractivity contribution >= 4 is 12.1 Å². The molecule has 1 heterocycles. The van der Waals surface area contributed by atoms with Crippen LogP contribution in [0.25, 0.3) is 0 Å². The first-order valence-corrected chi connectivity index (χ1v) is 9.97. The summed E-state index contributed by atoms with van der Waals surface area (Å²) >= 11 is 0. The molecule has 0 bridgehead atoms. The molecular weight excluding hydrogens is 356 g/mol. The molecular formula is C23H30O5. The molecule has 0 amide bonds. The molecule has 0 radical (unpaired) electrons. The molecule has 0 aromatic heterocycles. The average Bonchev–Trinajstić information content (AvgIpc) is 2.59. The second kappa shape index (κ2) is 6.94. The molecule has 3 rings (SSSR count). The van der Waals surface area contributed by atoms with E-state index in [1.54, 1.807) is 0 Å². The van der Waals surface area contributed by atoms with Crippen LogP contribution in [-0.4, -0.2) is 27.9 Å². The van der Waals surface area contributed by atoms with Crippen molar-refractivity contribution in [2.24, 2.45) is 11.3 Å². The molecule has 5 nitrogen and oxygen atoms in total. The van der Waals surface area contributed by atoms with Gasteiger partial charge in [-0.1, -0.05) is 39.3 Å². The summed E-state index contributed by atoms with van der Waals surface area (Å²) in [5.41, 5.74) is 0.714. The first-order valence-electron chi connectivity index (χ1n) is 9.97. The van der Waals surface area contributed by atoms with Gasteiger partial charge in [-0.25, -0.2) is 0 Å². The third-order valence-corrected chi connectivity index (χ3v) is 6.38. The summed E-state index contributed by atoms with van der Waals surface area (Å²) < 4.78 is 6.52. The van der Waals surface area contributed by atoms with E-state index in [2.05, 4.69) is 26.8 Å². The number of aromatic hydroxyl groups is 2. The highest BCUT2D eigenvalue weighted by molar-refractivity contribution is 6.05. The molecule has 1 spiro atoms. The number of aldehydes is 1. The largest absolute Gasteiger partial charge is 0.507 e. The van der Waals surface area contributed by atoms with Gasteiger partial charge in [0, 0.05) is 23.8 Å². The van der Waals surface area contributed by atoms with Crippen LogP contribution in [0.3, 0.4) is 0 Å². The summed E-state index contributed by atoms with van der Waals surface area (Å²) in [6.07, 6.45) is 5.67. The second-order valence-corrected chi connectivity index (χ2v) is 9.34. The quantitative estimate of drug-likeness (QED) is 0.434. The molecule has 0 fully saturated rings. The molecule has 1 aromatic rings. The van der Waals surface area contributed by atoms with Crippen molar-refractivity contribution in [3.05, 3.63) is 28.3 Å². The third-order valence-electron chi connectivity index (χ3n) is 6.38. The predicted molar refractivity (Wildman–Crippen MR) is 107 cm³/mol. The highest BCUT2D eigenvalue weighted by Crippen LogP contribution is 2.56. The number of phenols is 2. The van der Waals surface area contributed by atoms with E-state index in [0.717, 1.165) is 12.8 Å². The summed E-state index contributed by atoms with van der Waals surface area (Å²) in [6, 6.07) is 0. The van der Waals surface area contributed by atoms with Gasteiger partial charge in [0.1, 0.15) is 28.4 Å². The smallest absolute Gasteiger partial charge is 0.170 e. The molecule has 1 aromatic carbocycles. The van der Waals surface area contributed by atoms with Gasteiger partial charge in [0.2, 0.25) is 0 Å². The Balaban J connectivity index is 2.23. The molecule has 28 heavy (non-hydrogen) atoms. The molecule has 0 unspecified atom stereocenters. The van der Waals surface area contributed by atoms with Crippen molar-refractivity contribution in [3.8, 4) is 17.2 Å². The Bertz CT molecular complexity index is 862. The maximum absolute atomic E-state index is 13.0. The SMILES string of the molecule is CC1=CC[C@]2(CC1)Oc1c(c(O)c(C=O)c(O)c1C(=O)CC(C)C)CC2(C)C. The minimum atomic E-state index is -0.520. The number of fused-ring (bicyclic) bond motifs is 1. The summed E-state index contributed by atoms with van der Waals surface area (Å²) in [5.74, 6) is -0.698. The second-order valence-electron chi connectivity index (χ2n) is 9.34. The zero-order valence-corrected chi connectivity index (χ0v) is 17.4. The van der Waals surface area contributed by atoms with Crippen LogP contribution in [0.1, 0.15) is 86.6 Å². The fraction of sp³-hybridized carbons (Fsp3) is 0.565. The van der Waals surface area contributed by atoms with Gasteiger partial charge in [-0.05, 0) is 32.1 Å². The van der Waals surface area contributed by atoms with Crippen molar-refractivity contribution in [1.29, 1.82) is 0 Å². The number of rotatable bonds is 4. The number of ether oxygens (including phenoxy) is 1. The Labute approximate surface area is 166 Å². The summed E-state index contributed by atoms with van der Waals surface area (Å²) in [7, 11) is 0. The van der Waals surface area contributed by atoms with Gasteiger partial charge < -0.3 is 14.9 Å². The van der Waals surface area contributed by atoms with Crippen LogP contribution < -0.4 is 4.74 Å². The van der Waals surface area contributed by atoms with E-state index in [0.29, 0.717) is 24.7 Å². The van der Waals surface area contributed by atoms with Gasteiger partial charge in [-0.3, -0.25) is 9.59 Å². The molecule has 2 aliphatic rings. The van der Waals surface area contributed by atoms with Gasteiger partial charge >= 0.3 is 0 Å². The number of benzene rings is 1. The van der Waals surface area contributed by atoms with Gasteiger partial charge in [-0.2, -0.15) is 0 Å². The third kappa shape index (κ3) is 3.11. The van der Waals surface area contributed by atoms with E-state index in [-0.39, 0.29) is 46.2 Å². The first-order chi connectivity index (χ1) is 13.0. The molecule has 1 aliphatic carbocycles. The highest BCUT2D eigenvalue weighted by Gasteiger charge is 2.52. The zero-order chi connectivity index (χ0) is 20.9. The van der Waals surface area contributed by atoms with Crippen LogP contribution in [0.5, 0.6) is 17.2 Å². The van der Waals surface area contributed by atoms with Crippen molar-refractivity contribution in [3.63, 3.8) is 0 Å². The Hall–Kier alpha value is -2.30. The average molecular weight is 386 g/mol. The molecule has 0 saturated heterocycles. The Morgan fingerprint density at radius 3 is 2.50 bits per heavy atom. The zero-order valence-electron chi connectivity index (χ0n) is 17.4. The molecule has 0 saturated carbocycles. The van der Waals surface area contributed by atoms with E-state index in [1.165, 1.54) is 5.57 Å². The lowest BCUT2D eigenvalue weighted by atomic mass is 9.63. The number of carbonyl (C=O) groups is 2. The topological polar surface area (TPSA) is 83.8 Å². The Morgan fingerprint density at radius 2 is 1.96 bits per heavy atom. The van der Waals surface area contributed by atoms with E-state index >= 15 is 0 Å². The van der Waals surface area contributed by atoms with E-state index in [1.807, 2.05) is 13.8 Å². The number of hydrogen-bond donors (Lipinski definition) is 2. The molecule has 152 valence electrons. The van der Waals surface area contributed by atoms with E-state index in [9.17, 15) is 19.8 Å². The molecule has 1 atom stereocenters. The van der Waals surface area contributed by atoms with Crippen LogP contribution in [0, 0.1) is 11.3 Å². The first kappa shape index (κ1) is 20.4. The van der Waals surface area contributed by atoms with Crippen LogP contribution in [0.2, 0.25) is 0 Å². The molecule has 2 N–H and O–H groups in total. The van der Waals surface area contributed by atoms with Crippen molar-refractivity contribution in [2.45, 2.75) is 72.3 Å². The normalized spacial score (nSPS) is 23.1. The number of carbonyl (C=O) groups excluding carboxylic acids is 2. The van der Waals surface area contributed by atoms with E-state index in [4.69, 9.17) is 4.74 Å². The van der Waals surface area contributed by atoms with Gasteiger partial charge in [0.15, 0.2) is 12.1 Å². The maximum atomic E-state index is 13.0. The van der Waals surface area contributed by atoms with Gasteiger partial charge in [0.25, 0.3) is 0 Å². The minimum Gasteiger partial charge on any atom is -0.507 e. The summed E-state index contributed by atoms with van der Waals surface area (Å²) in [5, 5.41) is 21.3. The van der Waals surface area contributed by atoms with Crippen LogP contribution >= 0.6 is 0 Å². The lowest BCUT2D eigenvalue weighted by Gasteiger charge is -2.52. The summed E-state index contributed by atoms with van der Waals surface area (Å²) in [4.78, 5) is 24.5. The fourth-order valence-electron chi connectivity index (χ4n) is 4.48. The Morgan fingerprint density at radius 1 is 1.29 bits per heavy atom. The lowest BCUT2D eigenvalue weighted by molar-refractivity contribution is -0.0666. The fourth-order valence-corrected chi connectivity index (χ4v) is 4.48. The van der Waals surface area contributed by atoms with Crippen molar-refractivity contribution in [2.75, 3.05) is 0 Å². The van der Waals surface area contributed by atoms with Gasteiger partial charge in [-0.15, -0.1) is 0 Å². The minimum absolute atomic E-state index is 0.0322. The Kier molecular flexibility index (Phi) is 5.07. The van der Waals surface area contributed by atoms with Crippen LogP contribution in [0.4, 0.5) is 0 Å². The monoisotopic (exact) mass is 386 g/mol. The number of allylic oxidation sites excluding steroid dienone is 1. The number of hydrogen-bond acceptors (Lipinski definition) is 5. The standard InChI is InChI=1S/C23H30O5/c1-13(2)10-17(25)18-20(27)16(12-24)19(26)15-11-22(4,5)23(28-21(15)18)8-6-14(3)7-9-23/h6,12-13,26-27H,7-11H2,1-5H3/t23-/m1/s1. The van der Waals surface area contributed by atoms with Crippen LogP contribution in [-0.2, 0) is 6.42 Å². The predicted octanol–water partition coefficient (Wildman–Crippen LogP) is 4.97.